The maximum atomic E-state index is 12.9. The molecule has 7 nitrogen and oxygen atoms in total. The van der Waals surface area contributed by atoms with Crippen LogP contribution in [0.5, 0.6) is 0 Å². The van der Waals surface area contributed by atoms with Crippen molar-refractivity contribution in [3.05, 3.63) is 60.2 Å². The van der Waals surface area contributed by atoms with Crippen molar-refractivity contribution in [3.8, 4) is 0 Å². The Balaban J connectivity index is 1.61. The zero-order chi connectivity index (χ0) is 19.9. The van der Waals surface area contributed by atoms with E-state index >= 15 is 0 Å². The number of halogens is 1. The van der Waals surface area contributed by atoms with E-state index in [0.29, 0.717) is 12.2 Å². The first kappa shape index (κ1) is 19.9. The summed E-state index contributed by atoms with van der Waals surface area (Å²) in [6.45, 7) is 3.91. The van der Waals surface area contributed by atoms with E-state index in [1.165, 1.54) is 24.3 Å². The third kappa shape index (κ3) is 5.34. The molecule has 28 heavy (non-hydrogen) atoms. The van der Waals surface area contributed by atoms with Crippen LogP contribution in [0.15, 0.2) is 48.8 Å². The Morgan fingerprint density at radius 1 is 1.11 bits per heavy atom. The Bertz CT molecular complexity index is 792. The highest BCUT2D eigenvalue weighted by molar-refractivity contribution is 6.39. The van der Waals surface area contributed by atoms with E-state index in [-0.39, 0.29) is 6.04 Å². The van der Waals surface area contributed by atoms with Crippen molar-refractivity contribution >= 4 is 17.5 Å². The van der Waals surface area contributed by atoms with Crippen LogP contribution in [-0.2, 0) is 9.59 Å². The molecule has 1 aromatic carbocycles. The van der Waals surface area contributed by atoms with Crippen LogP contribution in [0.4, 0.5) is 10.1 Å². The number of benzene rings is 1. The minimum absolute atomic E-state index is 0.0648. The topological polar surface area (TPSA) is 77.6 Å². The molecule has 2 aromatic rings. The fraction of sp³-hybridized carbons (Fsp3) is 0.350. The lowest BCUT2D eigenvalue weighted by Gasteiger charge is -2.38. The van der Waals surface area contributed by atoms with Crippen molar-refractivity contribution in [2.24, 2.45) is 0 Å². The predicted octanol–water partition coefficient (Wildman–Crippen LogP) is 1.26. The Kier molecular flexibility index (Phi) is 6.67. The molecule has 0 unspecified atom stereocenters. The van der Waals surface area contributed by atoms with Crippen molar-refractivity contribution in [1.82, 2.24) is 20.1 Å². The zero-order valence-electron chi connectivity index (χ0n) is 15.8. The van der Waals surface area contributed by atoms with Gasteiger partial charge in [0, 0.05) is 50.8 Å². The molecule has 0 spiro atoms. The molecule has 0 radical (unpaired) electrons. The largest absolute Gasteiger partial charge is 0.346 e. The van der Waals surface area contributed by atoms with E-state index in [0.717, 1.165) is 31.7 Å². The van der Waals surface area contributed by atoms with Gasteiger partial charge in [0.05, 0.1) is 6.04 Å². The highest BCUT2D eigenvalue weighted by Gasteiger charge is 2.25. The fourth-order valence-corrected chi connectivity index (χ4v) is 3.16. The molecule has 0 aliphatic carbocycles. The number of aromatic nitrogens is 1. The average Bonchev–Trinajstić information content (AvgIpc) is 2.71. The third-order valence-corrected chi connectivity index (χ3v) is 4.81. The highest BCUT2D eigenvalue weighted by atomic mass is 19.1. The molecular formula is C20H24FN5O2. The molecule has 148 valence electrons. The van der Waals surface area contributed by atoms with Gasteiger partial charge >= 0.3 is 11.8 Å². The minimum atomic E-state index is -0.782. The molecule has 3 rings (SSSR count). The number of amides is 2. The molecule has 1 saturated heterocycles. The maximum absolute atomic E-state index is 12.9. The third-order valence-electron chi connectivity index (χ3n) is 4.81. The Hall–Kier alpha value is -2.84. The molecule has 0 saturated carbocycles. The zero-order valence-corrected chi connectivity index (χ0v) is 15.8. The van der Waals surface area contributed by atoms with Crippen LogP contribution in [0.2, 0.25) is 0 Å². The summed E-state index contributed by atoms with van der Waals surface area (Å²) in [5.74, 6) is -1.92. The summed E-state index contributed by atoms with van der Waals surface area (Å²) in [5, 5.41) is 5.18. The maximum Gasteiger partial charge on any atom is 0.313 e. The molecule has 1 aliphatic rings. The first-order valence-corrected chi connectivity index (χ1v) is 9.20. The van der Waals surface area contributed by atoms with Gasteiger partial charge in [0.15, 0.2) is 0 Å². The van der Waals surface area contributed by atoms with Crippen LogP contribution in [0.25, 0.3) is 0 Å². The number of piperazine rings is 1. The van der Waals surface area contributed by atoms with Crippen molar-refractivity contribution in [2.75, 3.05) is 45.1 Å². The van der Waals surface area contributed by atoms with E-state index in [1.54, 1.807) is 12.4 Å². The van der Waals surface area contributed by atoms with Crippen LogP contribution >= 0.6 is 0 Å². The van der Waals surface area contributed by atoms with Crippen molar-refractivity contribution in [1.29, 1.82) is 0 Å². The van der Waals surface area contributed by atoms with E-state index in [9.17, 15) is 14.0 Å². The molecule has 2 heterocycles. The Morgan fingerprint density at radius 2 is 1.82 bits per heavy atom. The monoisotopic (exact) mass is 385 g/mol. The summed E-state index contributed by atoms with van der Waals surface area (Å²) >= 11 is 0. The van der Waals surface area contributed by atoms with Crippen LogP contribution in [-0.4, -0.2) is 66.4 Å². The normalized spacial score (nSPS) is 16.4. The fourth-order valence-electron chi connectivity index (χ4n) is 3.16. The van der Waals surface area contributed by atoms with E-state index in [2.05, 4.69) is 32.5 Å². The number of hydrogen-bond donors (Lipinski definition) is 2. The van der Waals surface area contributed by atoms with Gasteiger partial charge in [-0.15, -0.1) is 0 Å². The average molecular weight is 385 g/mol. The van der Waals surface area contributed by atoms with E-state index in [1.807, 2.05) is 12.1 Å². The first-order valence-electron chi connectivity index (χ1n) is 9.20. The highest BCUT2D eigenvalue weighted by Crippen LogP contribution is 2.20. The van der Waals surface area contributed by atoms with Crippen LogP contribution < -0.4 is 10.6 Å². The number of hydrogen-bond acceptors (Lipinski definition) is 5. The molecule has 1 atom stereocenters. The van der Waals surface area contributed by atoms with Crippen molar-refractivity contribution < 1.29 is 14.0 Å². The van der Waals surface area contributed by atoms with Gasteiger partial charge in [-0.1, -0.05) is 6.07 Å². The summed E-state index contributed by atoms with van der Waals surface area (Å²) in [4.78, 5) is 33.1. The molecule has 0 bridgehead atoms. The standard InChI is InChI=1S/C20H24FN5O2/c1-25-9-11-26(12-10-25)18(15-3-2-8-22-13-15)14-23-19(27)20(28)24-17-6-4-16(21)5-7-17/h2-8,13,18H,9-12,14H2,1H3,(H,23,27)(H,24,28)/t18-/m1/s1. The Labute approximate surface area is 163 Å². The van der Waals surface area contributed by atoms with Gasteiger partial charge < -0.3 is 15.5 Å². The molecule has 1 fully saturated rings. The summed E-state index contributed by atoms with van der Waals surface area (Å²) in [7, 11) is 2.08. The van der Waals surface area contributed by atoms with Gasteiger partial charge in [-0.3, -0.25) is 19.5 Å². The van der Waals surface area contributed by atoms with Crippen LogP contribution in [0, 0.1) is 5.82 Å². The molecule has 1 aliphatic heterocycles. The number of pyridine rings is 1. The lowest BCUT2D eigenvalue weighted by molar-refractivity contribution is -0.136. The summed E-state index contributed by atoms with van der Waals surface area (Å²) in [5.41, 5.74) is 1.36. The number of nitrogens with one attached hydrogen (secondary N) is 2. The van der Waals surface area contributed by atoms with Gasteiger partial charge in [-0.2, -0.15) is 0 Å². The molecule has 2 amide bonds. The number of carbonyl (C=O) groups excluding carboxylic acids is 2. The van der Waals surface area contributed by atoms with Crippen molar-refractivity contribution in [3.63, 3.8) is 0 Å². The quantitative estimate of drug-likeness (QED) is 0.758. The lowest BCUT2D eigenvalue weighted by Crippen LogP contribution is -2.49. The number of nitrogens with zero attached hydrogens (tertiary/aromatic N) is 3. The van der Waals surface area contributed by atoms with Crippen LogP contribution in [0.3, 0.4) is 0 Å². The SMILES string of the molecule is CN1CCN([C@H](CNC(=O)C(=O)Nc2ccc(F)cc2)c2cccnc2)CC1. The molecule has 2 N–H and O–H groups in total. The summed E-state index contributed by atoms with van der Waals surface area (Å²) in [6.07, 6.45) is 3.49. The number of likely N-dealkylation sites (N-methyl/N-ethyl adjacent to an activating group) is 1. The minimum Gasteiger partial charge on any atom is -0.346 e. The lowest BCUT2D eigenvalue weighted by atomic mass is 10.1. The van der Waals surface area contributed by atoms with Gasteiger partial charge in [-0.25, -0.2) is 4.39 Å². The van der Waals surface area contributed by atoms with Gasteiger partial charge in [0.2, 0.25) is 0 Å². The van der Waals surface area contributed by atoms with Gasteiger partial charge in [-0.05, 0) is 42.9 Å². The predicted molar refractivity (Wildman–Crippen MR) is 104 cm³/mol. The summed E-state index contributed by atoms with van der Waals surface area (Å²) < 4.78 is 12.9. The van der Waals surface area contributed by atoms with Gasteiger partial charge in [0.1, 0.15) is 5.82 Å². The van der Waals surface area contributed by atoms with Crippen LogP contribution in [0.1, 0.15) is 11.6 Å². The molecular weight excluding hydrogens is 361 g/mol. The second kappa shape index (κ2) is 9.38. The van der Waals surface area contributed by atoms with E-state index < -0.39 is 17.6 Å². The second-order valence-corrected chi connectivity index (χ2v) is 6.81. The molecule has 8 heteroatoms. The number of carbonyl (C=O) groups is 2. The number of anilines is 1. The first-order chi connectivity index (χ1) is 13.5. The smallest absolute Gasteiger partial charge is 0.313 e. The summed E-state index contributed by atoms with van der Waals surface area (Å²) in [6, 6.07) is 9.03. The molecule has 1 aromatic heterocycles. The van der Waals surface area contributed by atoms with Crippen molar-refractivity contribution in [2.45, 2.75) is 6.04 Å². The second-order valence-electron chi connectivity index (χ2n) is 6.81. The Morgan fingerprint density at radius 3 is 2.46 bits per heavy atom. The van der Waals surface area contributed by atoms with Gasteiger partial charge in [0.25, 0.3) is 0 Å². The number of rotatable bonds is 5. The van der Waals surface area contributed by atoms with E-state index in [4.69, 9.17) is 0 Å².